The van der Waals surface area contributed by atoms with Gasteiger partial charge < -0.3 is 15.5 Å². The van der Waals surface area contributed by atoms with Gasteiger partial charge in [0.05, 0.1) is 12.7 Å². The summed E-state index contributed by atoms with van der Waals surface area (Å²) in [6.07, 6.45) is -0.700. The summed E-state index contributed by atoms with van der Waals surface area (Å²) in [5, 5.41) is 20.7. The van der Waals surface area contributed by atoms with Crippen molar-refractivity contribution in [3.8, 4) is 0 Å². The molecule has 0 spiro atoms. The molecule has 1 aromatic carbocycles. The van der Waals surface area contributed by atoms with Crippen molar-refractivity contribution in [2.75, 3.05) is 19.7 Å². The molecule has 0 heterocycles. The van der Waals surface area contributed by atoms with Crippen LogP contribution < -0.4 is 5.32 Å². The summed E-state index contributed by atoms with van der Waals surface area (Å²) in [6.45, 7) is 4.71. The Morgan fingerprint density at radius 2 is 2.00 bits per heavy atom. The summed E-state index contributed by atoms with van der Waals surface area (Å²) in [5.74, 6) is 0. The monoisotopic (exact) mass is 207 g/mol. The van der Waals surface area contributed by atoms with E-state index in [9.17, 15) is 0 Å². The van der Waals surface area contributed by atoms with Crippen LogP contribution in [0, 0.1) is 0 Å². The van der Waals surface area contributed by atoms with Crippen LogP contribution in [0.1, 0.15) is 5.56 Å². The van der Waals surface area contributed by atoms with Crippen LogP contribution in [0.4, 0.5) is 0 Å². The molecule has 0 aliphatic carbocycles. The molecular weight excluding hydrogens is 190 g/mol. The predicted octanol–water partition coefficient (Wildman–Crippen LogP) is 0.643. The van der Waals surface area contributed by atoms with Gasteiger partial charge in [0, 0.05) is 13.1 Å². The summed E-state index contributed by atoms with van der Waals surface area (Å²) >= 11 is 0. The van der Waals surface area contributed by atoms with E-state index in [1.807, 2.05) is 30.3 Å². The Morgan fingerprint density at radius 1 is 1.33 bits per heavy atom. The standard InChI is InChI=1S/C12H17NO2/c1-10(7-13-8-12(15)9-14)11-5-3-2-4-6-11/h2-6,12-15H,1,7-9H2. The van der Waals surface area contributed by atoms with Crippen molar-refractivity contribution < 1.29 is 10.2 Å². The van der Waals surface area contributed by atoms with Gasteiger partial charge in [0.2, 0.25) is 0 Å². The molecule has 3 nitrogen and oxygen atoms in total. The number of hydrogen-bond acceptors (Lipinski definition) is 3. The van der Waals surface area contributed by atoms with E-state index in [0.717, 1.165) is 11.1 Å². The van der Waals surface area contributed by atoms with Gasteiger partial charge in [-0.15, -0.1) is 0 Å². The minimum absolute atomic E-state index is 0.217. The van der Waals surface area contributed by atoms with Crippen molar-refractivity contribution in [1.29, 1.82) is 0 Å². The molecule has 0 aliphatic rings. The Balaban J connectivity index is 2.31. The number of hydrogen-bond donors (Lipinski definition) is 3. The molecule has 0 amide bonds. The Labute approximate surface area is 90.1 Å². The van der Waals surface area contributed by atoms with E-state index in [0.29, 0.717) is 13.1 Å². The van der Waals surface area contributed by atoms with Crippen molar-refractivity contribution in [2.24, 2.45) is 0 Å². The minimum atomic E-state index is -0.700. The highest BCUT2D eigenvalue weighted by atomic mass is 16.3. The predicted molar refractivity (Wildman–Crippen MR) is 61.4 cm³/mol. The first-order valence-corrected chi connectivity index (χ1v) is 4.97. The number of rotatable bonds is 6. The number of nitrogens with one attached hydrogen (secondary N) is 1. The highest BCUT2D eigenvalue weighted by Gasteiger charge is 2.01. The van der Waals surface area contributed by atoms with Crippen molar-refractivity contribution >= 4 is 5.57 Å². The van der Waals surface area contributed by atoms with Gasteiger partial charge in [-0.25, -0.2) is 0 Å². The summed E-state index contributed by atoms with van der Waals surface area (Å²) < 4.78 is 0. The van der Waals surface area contributed by atoms with Gasteiger partial charge in [-0.2, -0.15) is 0 Å². The van der Waals surface area contributed by atoms with Crippen LogP contribution in [-0.4, -0.2) is 36.0 Å². The molecule has 3 N–H and O–H groups in total. The summed E-state index contributed by atoms with van der Waals surface area (Å²) in [7, 11) is 0. The van der Waals surface area contributed by atoms with E-state index in [-0.39, 0.29) is 6.61 Å². The molecule has 3 heteroatoms. The van der Waals surface area contributed by atoms with Crippen LogP contribution >= 0.6 is 0 Å². The van der Waals surface area contributed by atoms with E-state index >= 15 is 0 Å². The molecule has 1 atom stereocenters. The van der Waals surface area contributed by atoms with Gasteiger partial charge in [-0.1, -0.05) is 36.9 Å². The lowest BCUT2D eigenvalue weighted by molar-refractivity contribution is 0.0954. The highest BCUT2D eigenvalue weighted by Crippen LogP contribution is 2.09. The van der Waals surface area contributed by atoms with Gasteiger partial charge >= 0.3 is 0 Å². The van der Waals surface area contributed by atoms with E-state index in [4.69, 9.17) is 10.2 Å². The van der Waals surface area contributed by atoms with Crippen LogP contribution in [0.25, 0.3) is 5.57 Å². The van der Waals surface area contributed by atoms with Gasteiger partial charge in [0.15, 0.2) is 0 Å². The lowest BCUT2D eigenvalue weighted by Crippen LogP contribution is -2.30. The van der Waals surface area contributed by atoms with Crippen molar-refractivity contribution in [3.05, 3.63) is 42.5 Å². The van der Waals surface area contributed by atoms with Crippen molar-refractivity contribution in [2.45, 2.75) is 6.10 Å². The second kappa shape index (κ2) is 6.35. The molecule has 82 valence electrons. The van der Waals surface area contributed by atoms with Crippen LogP contribution in [0.5, 0.6) is 0 Å². The van der Waals surface area contributed by atoms with E-state index in [1.54, 1.807) is 0 Å². The fraction of sp³-hybridized carbons (Fsp3) is 0.333. The maximum Gasteiger partial charge on any atom is 0.0895 e. The third kappa shape index (κ3) is 4.25. The van der Waals surface area contributed by atoms with Gasteiger partial charge in [-0.3, -0.25) is 0 Å². The number of aliphatic hydroxyl groups excluding tert-OH is 2. The maximum atomic E-state index is 9.10. The summed E-state index contributed by atoms with van der Waals surface area (Å²) in [4.78, 5) is 0. The second-order valence-electron chi connectivity index (χ2n) is 3.44. The molecular formula is C12H17NO2. The smallest absolute Gasteiger partial charge is 0.0895 e. The molecule has 0 fully saturated rings. The maximum absolute atomic E-state index is 9.10. The zero-order valence-electron chi connectivity index (χ0n) is 8.69. The van der Waals surface area contributed by atoms with Crippen LogP contribution in [0.15, 0.2) is 36.9 Å². The first-order chi connectivity index (χ1) is 7.24. The Kier molecular flexibility index (Phi) is 5.04. The van der Waals surface area contributed by atoms with Crippen molar-refractivity contribution in [3.63, 3.8) is 0 Å². The molecule has 0 saturated carbocycles. The zero-order valence-corrected chi connectivity index (χ0v) is 8.69. The van der Waals surface area contributed by atoms with Gasteiger partial charge in [-0.05, 0) is 11.1 Å². The SMILES string of the molecule is C=C(CNCC(O)CO)c1ccccc1. The molecule has 15 heavy (non-hydrogen) atoms. The first-order valence-electron chi connectivity index (χ1n) is 4.97. The fourth-order valence-corrected chi connectivity index (χ4v) is 1.23. The molecule has 1 rings (SSSR count). The number of aliphatic hydroxyl groups is 2. The molecule has 0 radical (unpaired) electrons. The van der Waals surface area contributed by atoms with Gasteiger partial charge in [0.1, 0.15) is 0 Å². The lowest BCUT2D eigenvalue weighted by Gasteiger charge is -2.10. The van der Waals surface area contributed by atoms with E-state index in [2.05, 4.69) is 11.9 Å². The van der Waals surface area contributed by atoms with E-state index in [1.165, 1.54) is 0 Å². The zero-order chi connectivity index (χ0) is 11.1. The summed E-state index contributed by atoms with van der Waals surface area (Å²) in [5.41, 5.74) is 2.06. The lowest BCUT2D eigenvalue weighted by atomic mass is 10.1. The Morgan fingerprint density at radius 3 is 2.60 bits per heavy atom. The van der Waals surface area contributed by atoms with Crippen LogP contribution in [0.3, 0.4) is 0 Å². The molecule has 1 aromatic rings. The first kappa shape index (κ1) is 11.9. The molecule has 1 unspecified atom stereocenters. The Bertz CT molecular complexity index is 298. The largest absolute Gasteiger partial charge is 0.394 e. The topological polar surface area (TPSA) is 52.5 Å². The third-order valence-corrected chi connectivity index (χ3v) is 2.11. The van der Waals surface area contributed by atoms with Crippen molar-refractivity contribution in [1.82, 2.24) is 5.32 Å². The van der Waals surface area contributed by atoms with Crippen LogP contribution in [-0.2, 0) is 0 Å². The number of benzene rings is 1. The minimum Gasteiger partial charge on any atom is -0.394 e. The molecule has 0 aliphatic heterocycles. The third-order valence-electron chi connectivity index (χ3n) is 2.11. The quantitative estimate of drug-likeness (QED) is 0.641. The second-order valence-corrected chi connectivity index (χ2v) is 3.44. The average Bonchev–Trinajstić information content (AvgIpc) is 2.29. The van der Waals surface area contributed by atoms with Gasteiger partial charge in [0.25, 0.3) is 0 Å². The fourth-order valence-electron chi connectivity index (χ4n) is 1.23. The average molecular weight is 207 g/mol. The molecule has 0 bridgehead atoms. The molecule has 0 aromatic heterocycles. The normalized spacial score (nSPS) is 12.4. The van der Waals surface area contributed by atoms with Crippen LogP contribution in [0.2, 0.25) is 0 Å². The molecule has 0 saturated heterocycles. The van der Waals surface area contributed by atoms with E-state index < -0.39 is 6.10 Å². The summed E-state index contributed by atoms with van der Waals surface area (Å²) in [6, 6.07) is 9.87. The Hall–Kier alpha value is -1.16. The highest BCUT2D eigenvalue weighted by molar-refractivity contribution is 5.64.